The Hall–Kier alpha value is -2.82. The van der Waals surface area contributed by atoms with Gasteiger partial charge < -0.3 is 10.1 Å². The van der Waals surface area contributed by atoms with E-state index in [1.807, 2.05) is 42.5 Å². The second-order valence-electron chi connectivity index (χ2n) is 4.71. The number of aromatic amines is 1. The highest BCUT2D eigenvalue weighted by Gasteiger charge is 2.10. The number of hydrogen-bond acceptors (Lipinski definition) is 3. The first-order valence-electron chi connectivity index (χ1n) is 6.58. The zero-order valence-corrected chi connectivity index (χ0v) is 11.8. The molecule has 106 valence electrons. The molecule has 3 rings (SSSR count). The lowest BCUT2D eigenvalue weighted by Gasteiger charge is -2.08. The van der Waals surface area contributed by atoms with E-state index < -0.39 is 0 Å². The lowest BCUT2D eigenvalue weighted by Crippen LogP contribution is -2.06. The van der Waals surface area contributed by atoms with E-state index in [4.69, 9.17) is 4.74 Å². The lowest BCUT2D eigenvalue weighted by atomic mass is 10.0. The van der Waals surface area contributed by atoms with Gasteiger partial charge in [-0.2, -0.15) is 5.10 Å². The van der Waals surface area contributed by atoms with Crippen molar-refractivity contribution in [1.82, 2.24) is 10.2 Å². The van der Waals surface area contributed by atoms with Gasteiger partial charge in [-0.25, -0.2) is 0 Å². The van der Waals surface area contributed by atoms with Gasteiger partial charge in [-0.3, -0.25) is 9.89 Å². The molecule has 1 amide bonds. The van der Waals surface area contributed by atoms with E-state index >= 15 is 0 Å². The Labute approximate surface area is 121 Å². The smallest absolute Gasteiger partial charge is 0.222 e. The largest absolute Gasteiger partial charge is 0.496 e. The third-order valence-corrected chi connectivity index (χ3v) is 3.28. The summed E-state index contributed by atoms with van der Waals surface area (Å²) in [5.74, 6) is 1.22. The molecule has 0 aliphatic rings. The predicted molar refractivity (Wildman–Crippen MR) is 82.4 cm³/mol. The molecule has 5 heteroatoms. The van der Waals surface area contributed by atoms with Crippen LogP contribution in [0.4, 0.5) is 5.82 Å². The normalized spacial score (nSPS) is 10.6. The van der Waals surface area contributed by atoms with E-state index in [1.165, 1.54) is 6.92 Å². The Bertz CT molecular complexity index is 808. The fourth-order valence-corrected chi connectivity index (χ4v) is 2.33. The SMILES string of the molecule is COc1ccccc1-c1ccc2c(NC(C)=O)n[nH]c2c1. The second-order valence-corrected chi connectivity index (χ2v) is 4.71. The predicted octanol–water partition coefficient (Wildman–Crippen LogP) is 3.20. The van der Waals surface area contributed by atoms with Crippen molar-refractivity contribution in [3.05, 3.63) is 42.5 Å². The Morgan fingerprint density at radius 1 is 1.24 bits per heavy atom. The van der Waals surface area contributed by atoms with Crippen LogP contribution >= 0.6 is 0 Å². The molecule has 0 atom stereocenters. The molecular weight excluding hydrogens is 266 g/mol. The highest BCUT2D eigenvalue weighted by molar-refractivity contribution is 6.00. The van der Waals surface area contributed by atoms with Crippen LogP contribution in [0.5, 0.6) is 5.75 Å². The van der Waals surface area contributed by atoms with Crippen LogP contribution in [0.15, 0.2) is 42.5 Å². The Kier molecular flexibility index (Phi) is 3.31. The molecule has 21 heavy (non-hydrogen) atoms. The number of aromatic nitrogens is 2. The van der Waals surface area contributed by atoms with Gasteiger partial charge in [-0.1, -0.05) is 24.3 Å². The lowest BCUT2D eigenvalue weighted by molar-refractivity contribution is -0.114. The number of anilines is 1. The first kappa shape index (κ1) is 13.2. The van der Waals surface area contributed by atoms with Crippen molar-refractivity contribution in [3.8, 4) is 16.9 Å². The van der Waals surface area contributed by atoms with Crippen LogP contribution in [0.3, 0.4) is 0 Å². The van der Waals surface area contributed by atoms with E-state index in [1.54, 1.807) is 7.11 Å². The van der Waals surface area contributed by atoms with Gasteiger partial charge in [-0.05, 0) is 23.8 Å². The van der Waals surface area contributed by atoms with Crippen molar-refractivity contribution in [2.45, 2.75) is 6.92 Å². The van der Waals surface area contributed by atoms with Crippen molar-refractivity contribution in [2.75, 3.05) is 12.4 Å². The molecule has 1 heterocycles. The van der Waals surface area contributed by atoms with E-state index in [0.29, 0.717) is 5.82 Å². The minimum absolute atomic E-state index is 0.141. The number of nitrogens with one attached hydrogen (secondary N) is 2. The quantitative estimate of drug-likeness (QED) is 0.774. The summed E-state index contributed by atoms with van der Waals surface area (Å²) in [6.07, 6.45) is 0. The molecule has 2 aromatic carbocycles. The maximum atomic E-state index is 11.1. The number of para-hydroxylation sites is 1. The van der Waals surface area contributed by atoms with Gasteiger partial charge in [0.1, 0.15) is 5.75 Å². The maximum Gasteiger partial charge on any atom is 0.222 e. The summed E-state index contributed by atoms with van der Waals surface area (Å²) in [6, 6.07) is 13.8. The van der Waals surface area contributed by atoms with Gasteiger partial charge in [0.2, 0.25) is 5.91 Å². The first-order valence-corrected chi connectivity index (χ1v) is 6.58. The fraction of sp³-hybridized carbons (Fsp3) is 0.125. The van der Waals surface area contributed by atoms with Crippen LogP contribution in [-0.2, 0) is 4.79 Å². The molecule has 0 saturated heterocycles. The van der Waals surface area contributed by atoms with Gasteiger partial charge in [0.05, 0.1) is 12.6 Å². The molecule has 0 unspecified atom stereocenters. The maximum absolute atomic E-state index is 11.1. The average Bonchev–Trinajstić information content (AvgIpc) is 2.89. The van der Waals surface area contributed by atoms with Crippen molar-refractivity contribution < 1.29 is 9.53 Å². The molecule has 0 radical (unpaired) electrons. The average molecular weight is 281 g/mol. The second kappa shape index (κ2) is 5.28. The van der Waals surface area contributed by atoms with Crippen LogP contribution in [-0.4, -0.2) is 23.2 Å². The van der Waals surface area contributed by atoms with Gasteiger partial charge in [0.15, 0.2) is 5.82 Å². The number of hydrogen-bond donors (Lipinski definition) is 2. The van der Waals surface area contributed by atoms with Crippen molar-refractivity contribution in [1.29, 1.82) is 0 Å². The van der Waals surface area contributed by atoms with Crippen molar-refractivity contribution in [2.24, 2.45) is 0 Å². The number of carbonyl (C=O) groups is 1. The molecule has 3 aromatic rings. The number of rotatable bonds is 3. The summed E-state index contributed by atoms with van der Waals surface area (Å²) in [5, 5.41) is 10.6. The number of nitrogens with zero attached hydrogens (tertiary/aromatic N) is 1. The summed E-state index contributed by atoms with van der Waals surface area (Å²) in [4.78, 5) is 11.1. The van der Waals surface area contributed by atoms with E-state index in [0.717, 1.165) is 27.8 Å². The number of fused-ring (bicyclic) bond motifs is 1. The van der Waals surface area contributed by atoms with Gasteiger partial charge in [0.25, 0.3) is 0 Å². The van der Waals surface area contributed by atoms with Gasteiger partial charge >= 0.3 is 0 Å². The number of benzene rings is 2. The highest BCUT2D eigenvalue weighted by Crippen LogP contribution is 2.32. The van der Waals surface area contributed by atoms with Gasteiger partial charge in [0, 0.05) is 17.9 Å². The van der Waals surface area contributed by atoms with Crippen LogP contribution in [0.25, 0.3) is 22.0 Å². The standard InChI is InChI=1S/C16H15N3O2/c1-10(20)17-16-13-8-7-11(9-14(13)18-19-16)12-5-3-4-6-15(12)21-2/h3-9H,1-2H3,(H2,17,18,19,20). The molecule has 0 bridgehead atoms. The molecule has 0 spiro atoms. The molecular formula is C16H15N3O2. The minimum Gasteiger partial charge on any atom is -0.496 e. The summed E-state index contributed by atoms with van der Waals surface area (Å²) in [7, 11) is 1.66. The monoisotopic (exact) mass is 281 g/mol. The minimum atomic E-state index is -0.141. The van der Waals surface area contributed by atoms with Gasteiger partial charge in [-0.15, -0.1) is 0 Å². The third-order valence-electron chi connectivity index (χ3n) is 3.28. The highest BCUT2D eigenvalue weighted by atomic mass is 16.5. The molecule has 1 aromatic heterocycles. The Balaban J connectivity index is 2.08. The van der Waals surface area contributed by atoms with E-state index in [-0.39, 0.29) is 5.91 Å². The number of H-pyrrole nitrogens is 1. The van der Waals surface area contributed by atoms with Crippen LogP contribution in [0.1, 0.15) is 6.92 Å². The Morgan fingerprint density at radius 2 is 2.05 bits per heavy atom. The van der Waals surface area contributed by atoms with E-state index in [9.17, 15) is 4.79 Å². The molecule has 5 nitrogen and oxygen atoms in total. The molecule has 2 N–H and O–H groups in total. The van der Waals surface area contributed by atoms with Crippen LogP contribution in [0, 0.1) is 0 Å². The number of carbonyl (C=O) groups excluding carboxylic acids is 1. The zero-order valence-electron chi connectivity index (χ0n) is 11.8. The van der Waals surface area contributed by atoms with Crippen LogP contribution < -0.4 is 10.1 Å². The number of methoxy groups -OCH3 is 1. The van der Waals surface area contributed by atoms with Crippen molar-refractivity contribution in [3.63, 3.8) is 0 Å². The van der Waals surface area contributed by atoms with Crippen LogP contribution in [0.2, 0.25) is 0 Å². The Morgan fingerprint density at radius 3 is 2.81 bits per heavy atom. The van der Waals surface area contributed by atoms with Crippen molar-refractivity contribution >= 4 is 22.6 Å². The summed E-state index contributed by atoms with van der Waals surface area (Å²) >= 11 is 0. The summed E-state index contributed by atoms with van der Waals surface area (Å²) in [5.41, 5.74) is 2.90. The molecule has 0 aliphatic heterocycles. The fourth-order valence-electron chi connectivity index (χ4n) is 2.33. The summed E-state index contributed by atoms with van der Waals surface area (Å²) in [6.45, 7) is 1.46. The molecule has 0 fully saturated rings. The molecule has 0 saturated carbocycles. The first-order chi connectivity index (χ1) is 10.2. The van der Waals surface area contributed by atoms with E-state index in [2.05, 4.69) is 15.5 Å². The number of amides is 1. The zero-order chi connectivity index (χ0) is 14.8. The summed E-state index contributed by atoms with van der Waals surface area (Å²) < 4.78 is 5.39. The molecule has 0 aliphatic carbocycles. The third kappa shape index (κ3) is 2.45. The number of ether oxygens (including phenoxy) is 1. The topological polar surface area (TPSA) is 67.0 Å².